The Morgan fingerprint density at radius 2 is 1.73 bits per heavy atom. The molecule has 5 fully saturated rings. The molecule has 0 radical (unpaired) electrons. The molecule has 4 nitrogen and oxygen atoms in total. The van der Waals surface area contributed by atoms with Gasteiger partial charge >= 0.3 is 0 Å². The van der Waals surface area contributed by atoms with Gasteiger partial charge in [0.25, 0.3) is 0 Å². The van der Waals surface area contributed by atoms with Crippen molar-refractivity contribution in [2.75, 3.05) is 0 Å². The zero-order valence-electron chi connectivity index (χ0n) is 21.6. The molecule has 0 heterocycles. The SMILES string of the molecule is CC(C)NC(=O)CC[C@@H](C1CC1)[C@H]1CCC2C3CCC4C[C@H](O)CC[C@]4(C)C3C[C@H](O)[C@@]21C. The van der Waals surface area contributed by atoms with Crippen LogP contribution in [-0.2, 0) is 4.79 Å². The molecular formula is C29H49NO3. The van der Waals surface area contributed by atoms with Crippen molar-refractivity contribution in [2.24, 2.45) is 52.3 Å². The number of aliphatic hydroxyl groups is 2. The first-order valence-corrected chi connectivity index (χ1v) is 14.3. The molecule has 5 aliphatic carbocycles. The highest BCUT2D eigenvalue weighted by molar-refractivity contribution is 5.76. The molecule has 3 N–H and O–H groups in total. The Balaban J connectivity index is 1.34. The van der Waals surface area contributed by atoms with E-state index in [1.165, 1.54) is 38.5 Å². The van der Waals surface area contributed by atoms with E-state index in [1.807, 2.05) is 13.8 Å². The second-order valence-corrected chi connectivity index (χ2v) is 13.6. The van der Waals surface area contributed by atoms with E-state index >= 15 is 0 Å². The lowest BCUT2D eigenvalue weighted by Crippen LogP contribution is -2.59. The minimum Gasteiger partial charge on any atom is -0.393 e. The molecule has 0 bridgehead atoms. The summed E-state index contributed by atoms with van der Waals surface area (Å²) >= 11 is 0. The molecule has 0 aromatic rings. The first-order chi connectivity index (χ1) is 15.6. The lowest BCUT2D eigenvalue weighted by atomic mass is 9.43. The van der Waals surface area contributed by atoms with Gasteiger partial charge in [0.1, 0.15) is 0 Å². The van der Waals surface area contributed by atoms with Gasteiger partial charge in [-0.25, -0.2) is 0 Å². The fraction of sp³-hybridized carbons (Fsp3) is 0.966. The van der Waals surface area contributed by atoms with Gasteiger partial charge in [0.2, 0.25) is 5.91 Å². The normalized spacial score (nSPS) is 48.0. The second-order valence-electron chi connectivity index (χ2n) is 13.6. The predicted molar refractivity (Wildman–Crippen MR) is 131 cm³/mol. The van der Waals surface area contributed by atoms with Crippen LogP contribution < -0.4 is 5.32 Å². The van der Waals surface area contributed by atoms with E-state index < -0.39 is 0 Å². The Morgan fingerprint density at radius 1 is 0.970 bits per heavy atom. The molecule has 188 valence electrons. The summed E-state index contributed by atoms with van der Waals surface area (Å²) in [5.74, 6) is 4.76. The highest BCUT2D eigenvalue weighted by atomic mass is 16.3. The first kappa shape index (κ1) is 24.1. The van der Waals surface area contributed by atoms with E-state index in [9.17, 15) is 15.0 Å². The van der Waals surface area contributed by atoms with Crippen molar-refractivity contribution >= 4 is 5.91 Å². The Kier molecular flexibility index (Phi) is 6.43. The van der Waals surface area contributed by atoms with Crippen LogP contribution in [0.4, 0.5) is 0 Å². The van der Waals surface area contributed by atoms with Gasteiger partial charge in [-0.3, -0.25) is 4.79 Å². The summed E-state index contributed by atoms with van der Waals surface area (Å²) in [6.07, 6.45) is 13.0. The van der Waals surface area contributed by atoms with Gasteiger partial charge in [-0.1, -0.05) is 13.8 Å². The Labute approximate surface area is 201 Å². The number of carbonyl (C=O) groups is 1. The first-order valence-electron chi connectivity index (χ1n) is 14.3. The molecule has 5 saturated carbocycles. The minimum atomic E-state index is -0.218. The Hall–Kier alpha value is -0.610. The van der Waals surface area contributed by atoms with Crippen LogP contribution in [0.1, 0.15) is 105 Å². The van der Waals surface area contributed by atoms with Gasteiger partial charge in [-0.2, -0.15) is 0 Å². The standard InChI is InChI=1S/C29H49NO3/c1-17(2)30-27(33)12-9-21(18-5-6-18)23-10-11-24-22-8-7-19-15-20(31)13-14-28(19,3)25(22)16-26(32)29(23,24)4/h17-26,31-32H,5-16H2,1-4H3,(H,30,33)/t19?,20-,21+,22?,23-,24?,25?,26+,28+,29-/m1/s1. The van der Waals surface area contributed by atoms with Crippen LogP contribution in [0.15, 0.2) is 0 Å². The van der Waals surface area contributed by atoms with Gasteiger partial charge in [0.15, 0.2) is 0 Å². The Morgan fingerprint density at radius 3 is 2.42 bits per heavy atom. The van der Waals surface area contributed by atoms with E-state index in [4.69, 9.17) is 0 Å². The molecule has 0 aromatic heterocycles. The molecule has 5 aliphatic rings. The van der Waals surface area contributed by atoms with Crippen molar-refractivity contribution < 1.29 is 15.0 Å². The topological polar surface area (TPSA) is 69.6 Å². The lowest BCUT2D eigenvalue weighted by Gasteiger charge is -2.62. The van der Waals surface area contributed by atoms with Crippen LogP contribution in [0.3, 0.4) is 0 Å². The van der Waals surface area contributed by atoms with Crippen LogP contribution in [0.25, 0.3) is 0 Å². The van der Waals surface area contributed by atoms with Gasteiger partial charge < -0.3 is 15.5 Å². The number of carbonyl (C=O) groups excluding carboxylic acids is 1. The summed E-state index contributed by atoms with van der Waals surface area (Å²) in [6.45, 7) is 9.02. The van der Waals surface area contributed by atoms with Crippen molar-refractivity contribution in [1.82, 2.24) is 5.32 Å². The molecular weight excluding hydrogens is 410 g/mol. The summed E-state index contributed by atoms with van der Waals surface area (Å²) < 4.78 is 0. The molecule has 0 saturated heterocycles. The summed E-state index contributed by atoms with van der Waals surface area (Å²) in [7, 11) is 0. The summed E-state index contributed by atoms with van der Waals surface area (Å²) in [4.78, 5) is 12.4. The average molecular weight is 460 g/mol. The molecule has 33 heavy (non-hydrogen) atoms. The number of hydrogen-bond donors (Lipinski definition) is 3. The maximum Gasteiger partial charge on any atom is 0.220 e. The van der Waals surface area contributed by atoms with Gasteiger partial charge in [0, 0.05) is 12.5 Å². The van der Waals surface area contributed by atoms with Crippen LogP contribution >= 0.6 is 0 Å². The van der Waals surface area contributed by atoms with Crippen LogP contribution in [-0.4, -0.2) is 34.4 Å². The molecule has 0 aliphatic heterocycles. The molecule has 5 rings (SSSR count). The summed E-state index contributed by atoms with van der Waals surface area (Å²) in [6, 6.07) is 0.208. The maximum absolute atomic E-state index is 12.4. The van der Waals surface area contributed by atoms with E-state index in [0.717, 1.165) is 43.9 Å². The van der Waals surface area contributed by atoms with Crippen LogP contribution in [0.2, 0.25) is 0 Å². The molecule has 4 unspecified atom stereocenters. The third kappa shape index (κ3) is 4.09. The zero-order valence-corrected chi connectivity index (χ0v) is 21.6. The largest absolute Gasteiger partial charge is 0.393 e. The third-order valence-corrected chi connectivity index (χ3v) is 11.7. The highest BCUT2D eigenvalue weighted by Gasteiger charge is 2.64. The van der Waals surface area contributed by atoms with E-state index in [1.54, 1.807) is 0 Å². The van der Waals surface area contributed by atoms with Gasteiger partial charge in [-0.15, -0.1) is 0 Å². The molecule has 0 aromatic carbocycles. The van der Waals surface area contributed by atoms with Crippen molar-refractivity contribution in [3.05, 3.63) is 0 Å². The van der Waals surface area contributed by atoms with E-state index in [0.29, 0.717) is 41.4 Å². The number of aliphatic hydroxyl groups excluding tert-OH is 2. The third-order valence-electron chi connectivity index (χ3n) is 11.7. The van der Waals surface area contributed by atoms with Crippen LogP contribution in [0.5, 0.6) is 0 Å². The fourth-order valence-electron chi connectivity index (χ4n) is 9.92. The van der Waals surface area contributed by atoms with E-state index in [-0.39, 0.29) is 29.6 Å². The minimum absolute atomic E-state index is 0.0142. The summed E-state index contributed by atoms with van der Waals surface area (Å²) in [5.41, 5.74) is 0.313. The molecule has 0 spiro atoms. The van der Waals surface area contributed by atoms with Crippen molar-refractivity contribution in [3.63, 3.8) is 0 Å². The Bertz CT molecular complexity index is 734. The molecule has 1 amide bonds. The van der Waals surface area contributed by atoms with Crippen molar-refractivity contribution in [3.8, 4) is 0 Å². The molecule has 4 heteroatoms. The highest BCUT2D eigenvalue weighted by Crippen LogP contribution is 2.69. The van der Waals surface area contributed by atoms with E-state index in [2.05, 4.69) is 19.2 Å². The van der Waals surface area contributed by atoms with Crippen LogP contribution in [0, 0.1) is 52.3 Å². The number of fused-ring (bicyclic) bond motifs is 5. The second kappa shape index (κ2) is 8.80. The predicted octanol–water partition coefficient (Wildman–Crippen LogP) is 5.31. The number of nitrogens with one attached hydrogen (secondary N) is 1. The average Bonchev–Trinajstić information content (AvgIpc) is 3.52. The molecule has 10 atom stereocenters. The number of amides is 1. The number of rotatable bonds is 6. The summed E-state index contributed by atoms with van der Waals surface area (Å²) in [5, 5.41) is 25.2. The quantitative estimate of drug-likeness (QED) is 0.504. The van der Waals surface area contributed by atoms with Gasteiger partial charge in [0.05, 0.1) is 12.2 Å². The van der Waals surface area contributed by atoms with Gasteiger partial charge in [-0.05, 0) is 137 Å². The zero-order chi connectivity index (χ0) is 23.5. The smallest absolute Gasteiger partial charge is 0.220 e. The maximum atomic E-state index is 12.4. The number of hydrogen-bond acceptors (Lipinski definition) is 3. The van der Waals surface area contributed by atoms with Crippen molar-refractivity contribution in [1.29, 1.82) is 0 Å². The lowest BCUT2D eigenvalue weighted by molar-refractivity contribution is -0.176. The fourth-order valence-corrected chi connectivity index (χ4v) is 9.92. The van der Waals surface area contributed by atoms with Crippen molar-refractivity contribution in [2.45, 2.75) is 123 Å². The monoisotopic (exact) mass is 459 g/mol.